The van der Waals surface area contributed by atoms with Gasteiger partial charge in [-0.15, -0.1) is 0 Å². The summed E-state index contributed by atoms with van der Waals surface area (Å²) < 4.78 is 10.0. The Kier molecular flexibility index (Phi) is 6.45. The first-order chi connectivity index (χ1) is 8.63. The summed E-state index contributed by atoms with van der Waals surface area (Å²) in [6.07, 6.45) is 1.99. The fourth-order valence-electron chi connectivity index (χ4n) is 1.73. The van der Waals surface area contributed by atoms with E-state index in [1.807, 2.05) is 0 Å². The largest absolute Gasteiger partial charge is 0.480 e. The van der Waals surface area contributed by atoms with Gasteiger partial charge in [-0.1, -0.05) is 0 Å². The lowest BCUT2D eigenvalue weighted by Gasteiger charge is -2.24. The van der Waals surface area contributed by atoms with Crippen molar-refractivity contribution in [2.24, 2.45) is 0 Å². The van der Waals surface area contributed by atoms with Crippen molar-refractivity contribution in [3.8, 4) is 0 Å². The van der Waals surface area contributed by atoms with Crippen molar-refractivity contribution in [3.63, 3.8) is 0 Å². The summed E-state index contributed by atoms with van der Waals surface area (Å²) in [5.74, 6) is -1.07. The van der Waals surface area contributed by atoms with E-state index in [-0.39, 0.29) is 19.1 Å². The fourth-order valence-corrected chi connectivity index (χ4v) is 1.73. The Morgan fingerprint density at radius 2 is 2.33 bits per heavy atom. The van der Waals surface area contributed by atoms with Crippen LogP contribution in [0.15, 0.2) is 0 Å². The molecule has 1 saturated heterocycles. The van der Waals surface area contributed by atoms with Crippen LogP contribution in [-0.2, 0) is 14.3 Å². The third-order valence-electron chi connectivity index (χ3n) is 2.71. The van der Waals surface area contributed by atoms with Crippen LogP contribution in [0.5, 0.6) is 0 Å². The maximum absolute atomic E-state index is 11.6. The van der Waals surface area contributed by atoms with Gasteiger partial charge in [0.25, 0.3) is 0 Å². The van der Waals surface area contributed by atoms with E-state index in [2.05, 4.69) is 10.6 Å². The van der Waals surface area contributed by atoms with E-state index in [9.17, 15) is 9.59 Å². The number of methoxy groups -OCH3 is 1. The first-order valence-corrected chi connectivity index (χ1v) is 6.00. The Balaban J connectivity index is 2.32. The highest BCUT2D eigenvalue weighted by atomic mass is 16.5. The van der Waals surface area contributed by atoms with Crippen LogP contribution >= 0.6 is 0 Å². The number of carboxylic acids is 1. The van der Waals surface area contributed by atoms with Gasteiger partial charge in [0.15, 0.2) is 0 Å². The molecule has 2 amide bonds. The standard InChI is InChI=1S/C11H20N2O5/c1-17-6-4-9(10(14)15)13-11(16)12-8-3-2-5-18-7-8/h8-9H,2-7H2,1H3,(H,14,15)(H2,12,13,16). The minimum atomic E-state index is -1.07. The zero-order valence-corrected chi connectivity index (χ0v) is 10.5. The van der Waals surface area contributed by atoms with E-state index < -0.39 is 18.0 Å². The smallest absolute Gasteiger partial charge is 0.326 e. The molecule has 104 valence electrons. The molecule has 1 heterocycles. The number of amides is 2. The number of ether oxygens (including phenoxy) is 2. The van der Waals surface area contributed by atoms with Crippen LogP contribution < -0.4 is 10.6 Å². The summed E-state index contributed by atoms with van der Waals surface area (Å²) in [5.41, 5.74) is 0. The van der Waals surface area contributed by atoms with Crippen LogP contribution in [0.1, 0.15) is 19.3 Å². The maximum atomic E-state index is 11.6. The first kappa shape index (κ1) is 14.7. The molecule has 2 unspecified atom stereocenters. The SMILES string of the molecule is COCCC(NC(=O)NC1CCCOC1)C(=O)O. The van der Waals surface area contributed by atoms with E-state index in [0.29, 0.717) is 13.2 Å². The van der Waals surface area contributed by atoms with Crippen LogP contribution in [0, 0.1) is 0 Å². The number of carbonyl (C=O) groups excluding carboxylic acids is 1. The van der Waals surface area contributed by atoms with Gasteiger partial charge in [-0.05, 0) is 12.8 Å². The fraction of sp³-hybridized carbons (Fsp3) is 0.818. The third kappa shape index (κ3) is 5.33. The van der Waals surface area contributed by atoms with Gasteiger partial charge in [0.05, 0.1) is 12.6 Å². The second-order valence-electron chi connectivity index (χ2n) is 4.20. The second-order valence-corrected chi connectivity index (χ2v) is 4.20. The molecule has 0 aromatic heterocycles. The number of nitrogens with one attached hydrogen (secondary N) is 2. The lowest BCUT2D eigenvalue weighted by atomic mass is 10.1. The molecule has 18 heavy (non-hydrogen) atoms. The van der Waals surface area contributed by atoms with Crippen molar-refractivity contribution in [1.82, 2.24) is 10.6 Å². The highest BCUT2D eigenvalue weighted by molar-refractivity contribution is 5.82. The van der Waals surface area contributed by atoms with Gasteiger partial charge in [0.1, 0.15) is 6.04 Å². The minimum Gasteiger partial charge on any atom is -0.480 e. The number of hydrogen-bond acceptors (Lipinski definition) is 4. The predicted molar refractivity (Wildman–Crippen MR) is 63.4 cm³/mol. The molecule has 1 aliphatic heterocycles. The maximum Gasteiger partial charge on any atom is 0.326 e. The molecule has 7 nitrogen and oxygen atoms in total. The molecular weight excluding hydrogens is 240 g/mol. The number of urea groups is 1. The normalized spacial score (nSPS) is 21.1. The van der Waals surface area contributed by atoms with Crippen molar-refractivity contribution in [2.75, 3.05) is 26.9 Å². The summed E-state index contributed by atoms with van der Waals surface area (Å²) >= 11 is 0. The van der Waals surface area contributed by atoms with E-state index in [4.69, 9.17) is 14.6 Å². The van der Waals surface area contributed by atoms with E-state index >= 15 is 0 Å². The van der Waals surface area contributed by atoms with Gasteiger partial charge in [0, 0.05) is 26.7 Å². The Morgan fingerprint density at radius 1 is 1.56 bits per heavy atom. The second kappa shape index (κ2) is 7.88. The number of carboxylic acid groups (broad SMARTS) is 1. The summed E-state index contributed by atoms with van der Waals surface area (Å²) in [4.78, 5) is 22.5. The molecule has 1 aliphatic rings. The average molecular weight is 260 g/mol. The zero-order valence-electron chi connectivity index (χ0n) is 10.5. The minimum absolute atomic E-state index is 0.0457. The number of hydrogen-bond donors (Lipinski definition) is 3. The van der Waals surface area contributed by atoms with E-state index in [0.717, 1.165) is 12.8 Å². The molecule has 7 heteroatoms. The number of carbonyl (C=O) groups is 2. The lowest BCUT2D eigenvalue weighted by molar-refractivity contribution is -0.139. The number of rotatable bonds is 6. The Labute approximate surface area is 106 Å². The monoisotopic (exact) mass is 260 g/mol. The molecule has 0 aliphatic carbocycles. The van der Waals surface area contributed by atoms with E-state index in [1.54, 1.807) is 0 Å². The zero-order chi connectivity index (χ0) is 13.4. The molecule has 0 radical (unpaired) electrons. The Morgan fingerprint density at radius 3 is 2.89 bits per heavy atom. The highest BCUT2D eigenvalue weighted by Gasteiger charge is 2.22. The average Bonchev–Trinajstić information content (AvgIpc) is 2.35. The molecule has 0 spiro atoms. The van der Waals surface area contributed by atoms with Crippen molar-refractivity contribution in [3.05, 3.63) is 0 Å². The van der Waals surface area contributed by atoms with Crippen molar-refractivity contribution < 1.29 is 24.2 Å². The molecule has 1 rings (SSSR count). The Hall–Kier alpha value is -1.34. The van der Waals surface area contributed by atoms with Gasteiger partial charge in [-0.3, -0.25) is 0 Å². The Bertz CT molecular complexity index is 279. The molecule has 3 N–H and O–H groups in total. The number of aliphatic carboxylic acids is 1. The third-order valence-corrected chi connectivity index (χ3v) is 2.71. The molecule has 0 aromatic rings. The first-order valence-electron chi connectivity index (χ1n) is 6.00. The van der Waals surface area contributed by atoms with Crippen molar-refractivity contribution in [1.29, 1.82) is 0 Å². The van der Waals surface area contributed by atoms with Crippen LogP contribution in [-0.4, -0.2) is 56.1 Å². The molecule has 0 aromatic carbocycles. The van der Waals surface area contributed by atoms with Gasteiger partial charge in [-0.2, -0.15) is 0 Å². The van der Waals surface area contributed by atoms with E-state index in [1.165, 1.54) is 7.11 Å². The molecular formula is C11H20N2O5. The summed E-state index contributed by atoms with van der Waals surface area (Å²) in [6, 6.07) is -1.46. The van der Waals surface area contributed by atoms with Gasteiger partial charge < -0.3 is 25.2 Å². The topological polar surface area (TPSA) is 96.9 Å². The summed E-state index contributed by atoms with van der Waals surface area (Å²) in [7, 11) is 1.48. The lowest BCUT2D eigenvalue weighted by Crippen LogP contribution is -2.51. The van der Waals surface area contributed by atoms with Gasteiger partial charge in [0.2, 0.25) is 0 Å². The predicted octanol–water partition coefficient (Wildman–Crippen LogP) is -0.0457. The molecule has 1 fully saturated rings. The molecule has 2 atom stereocenters. The van der Waals surface area contributed by atoms with Gasteiger partial charge in [-0.25, -0.2) is 9.59 Å². The summed E-state index contributed by atoms with van der Waals surface area (Å²) in [6.45, 7) is 1.47. The van der Waals surface area contributed by atoms with Crippen LogP contribution in [0.4, 0.5) is 4.79 Å². The van der Waals surface area contributed by atoms with Crippen molar-refractivity contribution >= 4 is 12.0 Å². The van der Waals surface area contributed by atoms with Crippen molar-refractivity contribution in [2.45, 2.75) is 31.3 Å². The highest BCUT2D eigenvalue weighted by Crippen LogP contribution is 2.05. The molecule has 0 bridgehead atoms. The van der Waals surface area contributed by atoms with Crippen LogP contribution in [0.25, 0.3) is 0 Å². The van der Waals surface area contributed by atoms with Crippen LogP contribution in [0.3, 0.4) is 0 Å². The molecule has 0 saturated carbocycles. The summed E-state index contributed by atoms with van der Waals surface area (Å²) in [5, 5.41) is 14.0. The van der Waals surface area contributed by atoms with Crippen LogP contribution in [0.2, 0.25) is 0 Å². The quantitative estimate of drug-likeness (QED) is 0.622. The van der Waals surface area contributed by atoms with Gasteiger partial charge >= 0.3 is 12.0 Å².